The summed E-state index contributed by atoms with van der Waals surface area (Å²) in [4.78, 5) is 12.9. The molecule has 0 aliphatic heterocycles. The van der Waals surface area contributed by atoms with Crippen molar-refractivity contribution in [3.8, 4) is 0 Å². The summed E-state index contributed by atoms with van der Waals surface area (Å²) in [5, 5.41) is 10.1. The molecule has 0 saturated heterocycles. The van der Waals surface area contributed by atoms with Gasteiger partial charge in [-0.05, 0) is 24.3 Å². The zero-order chi connectivity index (χ0) is 14.7. The molecule has 0 aliphatic carbocycles. The summed E-state index contributed by atoms with van der Waals surface area (Å²) in [7, 11) is 0. The highest BCUT2D eigenvalue weighted by atomic mass is 16.4. The SMILES string of the molecule is O=C(O)CN(Cc1cc2ccccc2o1)c1ccccc1. The maximum atomic E-state index is 11.1. The predicted molar refractivity (Wildman–Crippen MR) is 81.3 cm³/mol. The molecule has 1 aromatic heterocycles. The van der Waals surface area contributed by atoms with Gasteiger partial charge in [0.1, 0.15) is 17.9 Å². The summed E-state index contributed by atoms with van der Waals surface area (Å²) in [5.74, 6) is -0.115. The molecule has 3 aromatic rings. The van der Waals surface area contributed by atoms with Crippen LogP contribution in [0.5, 0.6) is 0 Å². The number of hydrogen-bond acceptors (Lipinski definition) is 3. The van der Waals surface area contributed by atoms with Crippen LogP contribution in [0, 0.1) is 0 Å². The quantitative estimate of drug-likeness (QED) is 0.777. The van der Waals surface area contributed by atoms with E-state index in [-0.39, 0.29) is 6.54 Å². The van der Waals surface area contributed by atoms with Gasteiger partial charge in [-0.25, -0.2) is 0 Å². The van der Waals surface area contributed by atoms with E-state index in [1.165, 1.54) is 0 Å². The van der Waals surface area contributed by atoms with Crippen LogP contribution in [-0.2, 0) is 11.3 Å². The molecule has 21 heavy (non-hydrogen) atoms. The second-order valence-electron chi connectivity index (χ2n) is 4.84. The number of carboxylic acid groups (broad SMARTS) is 1. The fourth-order valence-electron chi connectivity index (χ4n) is 2.34. The predicted octanol–water partition coefficient (Wildman–Crippen LogP) is 3.52. The number of aliphatic carboxylic acids is 1. The van der Waals surface area contributed by atoms with Crippen molar-refractivity contribution in [3.63, 3.8) is 0 Å². The van der Waals surface area contributed by atoms with E-state index in [2.05, 4.69) is 0 Å². The van der Waals surface area contributed by atoms with Crippen molar-refractivity contribution in [1.29, 1.82) is 0 Å². The third-order valence-electron chi connectivity index (χ3n) is 3.27. The van der Waals surface area contributed by atoms with Gasteiger partial charge in [0.15, 0.2) is 0 Å². The van der Waals surface area contributed by atoms with Crippen molar-refractivity contribution in [2.24, 2.45) is 0 Å². The second kappa shape index (κ2) is 5.71. The van der Waals surface area contributed by atoms with Gasteiger partial charge in [-0.2, -0.15) is 0 Å². The van der Waals surface area contributed by atoms with Crippen molar-refractivity contribution in [2.75, 3.05) is 11.4 Å². The summed E-state index contributed by atoms with van der Waals surface area (Å²) >= 11 is 0. The molecule has 0 fully saturated rings. The van der Waals surface area contributed by atoms with Crippen LogP contribution >= 0.6 is 0 Å². The van der Waals surface area contributed by atoms with E-state index in [4.69, 9.17) is 9.52 Å². The minimum atomic E-state index is -0.866. The van der Waals surface area contributed by atoms with Gasteiger partial charge in [-0.3, -0.25) is 4.79 Å². The Kier molecular flexibility index (Phi) is 3.60. The first-order valence-corrected chi connectivity index (χ1v) is 6.71. The lowest BCUT2D eigenvalue weighted by atomic mass is 10.2. The van der Waals surface area contributed by atoms with Gasteiger partial charge in [0.25, 0.3) is 0 Å². The minimum absolute atomic E-state index is 0.0684. The molecule has 2 aromatic carbocycles. The topological polar surface area (TPSA) is 53.7 Å². The van der Waals surface area contributed by atoms with Crippen LogP contribution in [0.1, 0.15) is 5.76 Å². The molecule has 0 amide bonds. The average Bonchev–Trinajstić information content (AvgIpc) is 2.89. The van der Waals surface area contributed by atoms with Gasteiger partial charge in [0.2, 0.25) is 0 Å². The highest BCUT2D eigenvalue weighted by Crippen LogP contribution is 2.22. The minimum Gasteiger partial charge on any atom is -0.480 e. The molecule has 0 aliphatic rings. The molecule has 0 unspecified atom stereocenters. The van der Waals surface area contributed by atoms with E-state index in [0.29, 0.717) is 6.54 Å². The Morgan fingerprint density at radius 3 is 2.48 bits per heavy atom. The van der Waals surface area contributed by atoms with Crippen molar-refractivity contribution < 1.29 is 14.3 Å². The zero-order valence-corrected chi connectivity index (χ0v) is 11.4. The maximum absolute atomic E-state index is 11.1. The normalized spacial score (nSPS) is 10.7. The lowest BCUT2D eigenvalue weighted by Gasteiger charge is -2.21. The number of rotatable bonds is 5. The number of carboxylic acids is 1. The molecule has 0 spiro atoms. The van der Waals surface area contributed by atoms with Crippen LogP contribution < -0.4 is 4.90 Å². The maximum Gasteiger partial charge on any atom is 0.323 e. The highest BCUT2D eigenvalue weighted by molar-refractivity contribution is 5.78. The van der Waals surface area contributed by atoms with E-state index >= 15 is 0 Å². The number of para-hydroxylation sites is 2. The number of nitrogens with zero attached hydrogens (tertiary/aromatic N) is 1. The lowest BCUT2D eigenvalue weighted by Crippen LogP contribution is -2.28. The van der Waals surface area contributed by atoms with Crippen molar-refractivity contribution >= 4 is 22.6 Å². The van der Waals surface area contributed by atoms with Gasteiger partial charge >= 0.3 is 5.97 Å². The number of benzene rings is 2. The van der Waals surface area contributed by atoms with Gasteiger partial charge < -0.3 is 14.4 Å². The van der Waals surface area contributed by atoms with Crippen LogP contribution in [-0.4, -0.2) is 17.6 Å². The molecule has 106 valence electrons. The zero-order valence-electron chi connectivity index (χ0n) is 11.4. The molecule has 1 N–H and O–H groups in total. The molecule has 4 heteroatoms. The van der Waals surface area contributed by atoms with Crippen LogP contribution in [0.2, 0.25) is 0 Å². The Morgan fingerprint density at radius 2 is 1.76 bits per heavy atom. The smallest absolute Gasteiger partial charge is 0.323 e. The van der Waals surface area contributed by atoms with E-state index in [1.54, 1.807) is 4.90 Å². The molecule has 4 nitrogen and oxygen atoms in total. The Balaban J connectivity index is 1.88. The van der Waals surface area contributed by atoms with E-state index in [9.17, 15) is 4.79 Å². The highest BCUT2D eigenvalue weighted by Gasteiger charge is 2.13. The van der Waals surface area contributed by atoms with Crippen LogP contribution in [0.4, 0.5) is 5.69 Å². The molecule has 0 atom stereocenters. The Morgan fingerprint density at radius 1 is 1.05 bits per heavy atom. The summed E-state index contributed by atoms with van der Waals surface area (Å²) in [6.45, 7) is 0.353. The molecule has 0 saturated carbocycles. The first kappa shape index (κ1) is 13.2. The molecule has 3 rings (SSSR count). The van der Waals surface area contributed by atoms with Gasteiger partial charge in [0.05, 0.1) is 6.54 Å². The Labute approximate surface area is 122 Å². The third kappa shape index (κ3) is 3.05. The fourth-order valence-corrected chi connectivity index (χ4v) is 2.34. The fraction of sp³-hybridized carbons (Fsp3) is 0.118. The van der Waals surface area contributed by atoms with E-state index < -0.39 is 5.97 Å². The molecular weight excluding hydrogens is 266 g/mol. The third-order valence-corrected chi connectivity index (χ3v) is 3.27. The standard InChI is InChI=1S/C17H15NO3/c19-17(20)12-18(14-7-2-1-3-8-14)11-15-10-13-6-4-5-9-16(13)21-15/h1-10H,11-12H2,(H,19,20). The summed E-state index contributed by atoms with van der Waals surface area (Å²) in [5.41, 5.74) is 1.68. The Hall–Kier alpha value is -2.75. The van der Waals surface area contributed by atoms with E-state index in [0.717, 1.165) is 22.4 Å². The van der Waals surface area contributed by atoms with Crippen LogP contribution in [0.15, 0.2) is 65.1 Å². The average molecular weight is 281 g/mol. The molecule has 1 heterocycles. The lowest BCUT2D eigenvalue weighted by molar-refractivity contribution is -0.135. The van der Waals surface area contributed by atoms with Crippen molar-refractivity contribution in [2.45, 2.75) is 6.54 Å². The number of furan rings is 1. The summed E-state index contributed by atoms with van der Waals surface area (Å²) in [6, 6.07) is 19.2. The van der Waals surface area contributed by atoms with Gasteiger partial charge in [-0.1, -0.05) is 36.4 Å². The summed E-state index contributed by atoms with van der Waals surface area (Å²) in [6.07, 6.45) is 0. The van der Waals surface area contributed by atoms with Crippen molar-refractivity contribution in [3.05, 3.63) is 66.4 Å². The van der Waals surface area contributed by atoms with Gasteiger partial charge in [0, 0.05) is 11.1 Å². The Bertz CT molecular complexity index is 716. The molecular formula is C17H15NO3. The van der Waals surface area contributed by atoms with Crippen LogP contribution in [0.3, 0.4) is 0 Å². The van der Waals surface area contributed by atoms with Crippen molar-refractivity contribution in [1.82, 2.24) is 0 Å². The summed E-state index contributed by atoms with van der Waals surface area (Å²) < 4.78 is 5.77. The molecule has 0 radical (unpaired) electrons. The number of anilines is 1. The number of carbonyl (C=O) groups is 1. The number of fused-ring (bicyclic) bond motifs is 1. The first-order valence-electron chi connectivity index (χ1n) is 6.71. The van der Waals surface area contributed by atoms with E-state index in [1.807, 2.05) is 60.7 Å². The van der Waals surface area contributed by atoms with Gasteiger partial charge in [-0.15, -0.1) is 0 Å². The number of hydrogen-bond donors (Lipinski definition) is 1. The monoisotopic (exact) mass is 281 g/mol. The largest absolute Gasteiger partial charge is 0.480 e. The van der Waals surface area contributed by atoms with Crippen LogP contribution in [0.25, 0.3) is 11.0 Å². The first-order chi connectivity index (χ1) is 10.2. The molecule has 0 bridgehead atoms. The second-order valence-corrected chi connectivity index (χ2v) is 4.84.